The van der Waals surface area contributed by atoms with Gasteiger partial charge in [0.25, 0.3) is 5.91 Å². The normalized spacial score (nSPS) is 10.4. The van der Waals surface area contributed by atoms with Crippen molar-refractivity contribution in [3.63, 3.8) is 0 Å². The number of hydrogen-bond donors (Lipinski definition) is 2. The minimum Gasteiger partial charge on any atom is -0.342 e. The lowest BCUT2D eigenvalue weighted by Gasteiger charge is -2.09. The number of nitrogens with zero attached hydrogens (tertiary/aromatic N) is 3. The second kappa shape index (κ2) is 7.56. The first-order chi connectivity index (χ1) is 12.5. The number of benzene rings is 2. The fourth-order valence-electron chi connectivity index (χ4n) is 2.32. The number of aromatic nitrogens is 3. The number of hydrogen-bond acceptors (Lipinski definition) is 4. The van der Waals surface area contributed by atoms with Crippen LogP contribution in [0.1, 0.15) is 16.1 Å². The Morgan fingerprint density at radius 1 is 1.15 bits per heavy atom. The van der Waals surface area contributed by atoms with Gasteiger partial charge < -0.3 is 10.6 Å². The number of carbonyl (C=O) groups is 2. The first-order valence-corrected chi connectivity index (χ1v) is 7.85. The van der Waals surface area contributed by atoms with Gasteiger partial charge in [-0.05, 0) is 36.8 Å². The highest BCUT2D eigenvalue weighted by Crippen LogP contribution is 2.15. The van der Waals surface area contributed by atoms with Gasteiger partial charge in [0.15, 0.2) is 5.69 Å². The molecule has 0 aliphatic carbocycles. The zero-order chi connectivity index (χ0) is 18.5. The Morgan fingerprint density at radius 3 is 2.65 bits per heavy atom. The number of rotatable bonds is 5. The fourth-order valence-corrected chi connectivity index (χ4v) is 2.32. The van der Waals surface area contributed by atoms with E-state index >= 15 is 0 Å². The van der Waals surface area contributed by atoms with E-state index in [-0.39, 0.29) is 17.9 Å². The summed E-state index contributed by atoms with van der Waals surface area (Å²) in [5, 5.41) is 12.5. The van der Waals surface area contributed by atoms with Crippen LogP contribution in [-0.4, -0.2) is 33.4 Å². The molecule has 3 rings (SSSR count). The molecule has 0 aliphatic heterocycles. The number of nitrogens with one attached hydrogen (secondary N) is 2. The first-order valence-electron chi connectivity index (χ1n) is 7.85. The third-order valence-corrected chi connectivity index (χ3v) is 3.59. The minimum atomic E-state index is -0.542. The van der Waals surface area contributed by atoms with E-state index < -0.39 is 17.6 Å². The van der Waals surface area contributed by atoms with E-state index in [4.69, 9.17) is 0 Å². The Morgan fingerprint density at radius 2 is 1.92 bits per heavy atom. The Bertz CT molecular complexity index is 940. The topological polar surface area (TPSA) is 88.9 Å². The van der Waals surface area contributed by atoms with Gasteiger partial charge in [-0.15, -0.1) is 5.10 Å². The molecular weight excluding hydrogens is 337 g/mol. The summed E-state index contributed by atoms with van der Waals surface area (Å²) in [6.07, 6.45) is 1.31. The van der Waals surface area contributed by atoms with Gasteiger partial charge >= 0.3 is 0 Å². The quantitative estimate of drug-likeness (QED) is 0.735. The van der Waals surface area contributed by atoms with Crippen molar-refractivity contribution in [3.05, 3.63) is 71.8 Å². The molecule has 0 unspecified atom stereocenters. The molecule has 0 saturated carbocycles. The van der Waals surface area contributed by atoms with Crippen molar-refractivity contribution in [1.82, 2.24) is 20.3 Å². The number of amides is 2. The van der Waals surface area contributed by atoms with Crippen molar-refractivity contribution in [2.75, 3.05) is 11.9 Å². The lowest BCUT2D eigenvalue weighted by molar-refractivity contribution is -0.115. The maximum absolute atomic E-state index is 13.8. The predicted molar refractivity (Wildman–Crippen MR) is 93.5 cm³/mol. The van der Waals surface area contributed by atoms with Gasteiger partial charge in [-0.25, -0.2) is 9.07 Å². The van der Waals surface area contributed by atoms with E-state index in [9.17, 15) is 14.0 Å². The summed E-state index contributed by atoms with van der Waals surface area (Å²) in [6, 6.07) is 13.5. The van der Waals surface area contributed by atoms with E-state index in [1.807, 2.05) is 18.2 Å². The molecule has 0 atom stereocenters. The zero-order valence-electron chi connectivity index (χ0n) is 13.9. The van der Waals surface area contributed by atoms with Crippen molar-refractivity contribution >= 4 is 17.5 Å². The van der Waals surface area contributed by atoms with Crippen LogP contribution in [0.2, 0.25) is 0 Å². The monoisotopic (exact) mass is 353 g/mol. The number of halogens is 1. The molecule has 2 N–H and O–H groups in total. The van der Waals surface area contributed by atoms with Crippen LogP contribution in [0.4, 0.5) is 10.1 Å². The Kier molecular flexibility index (Phi) is 5.02. The van der Waals surface area contributed by atoms with E-state index in [2.05, 4.69) is 20.9 Å². The SMILES string of the molecule is Cc1ccc(NC(=O)CNC(=O)c2cnnn2-c2ccccc2)c(F)c1. The molecular formula is C18H16FN5O2. The van der Waals surface area contributed by atoms with Crippen LogP contribution < -0.4 is 10.6 Å². The standard InChI is InChI=1S/C18H16FN5O2/c1-12-7-8-15(14(19)9-12)22-17(25)11-20-18(26)16-10-21-23-24(16)13-5-3-2-4-6-13/h2-10H,11H2,1H3,(H,20,26)(H,22,25). The molecule has 2 amide bonds. The molecule has 0 bridgehead atoms. The summed E-state index contributed by atoms with van der Waals surface area (Å²) < 4.78 is 15.1. The molecule has 0 radical (unpaired) electrons. The Labute approximate surface area is 148 Å². The highest BCUT2D eigenvalue weighted by atomic mass is 19.1. The predicted octanol–water partition coefficient (Wildman–Crippen LogP) is 2.08. The van der Waals surface area contributed by atoms with Gasteiger partial charge in [-0.3, -0.25) is 9.59 Å². The van der Waals surface area contributed by atoms with Crippen LogP contribution in [0.3, 0.4) is 0 Å². The van der Waals surface area contributed by atoms with E-state index in [0.29, 0.717) is 5.69 Å². The highest BCUT2D eigenvalue weighted by Gasteiger charge is 2.16. The van der Waals surface area contributed by atoms with Crippen LogP contribution >= 0.6 is 0 Å². The number of carbonyl (C=O) groups excluding carboxylic acids is 2. The van der Waals surface area contributed by atoms with Gasteiger partial charge in [-0.2, -0.15) is 0 Å². The van der Waals surface area contributed by atoms with Gasteiger partial charge in [0.05, 0.1) is 24.1 Å². The molecule has 26 heavy (non-hydrogen) atoms. The summed E-state index contributed by atoms with van der Waals surface area (Å²) >= 11 is 0. The minimum absolute atomic E-state index is 0.0610. The largest absolute Gasteiger partial charge is 0.342 e. The molecule has 2 aromatic carbocycles. The van der Waals surface area contributed by atoms with Crippen LogP contribution in [0.25, 0.3) is 5.69 Å². The average molecular weight is 353 g/mol. The summed E-state index contributed by atoms with van der Waals surface area (Å²) in [7, 11) is 0. The summed E-state index contributed by atoms with van der Waals surface area (Å²) in [4.78, 5) is 24.3. The highest BCUT2D eigenvalue weighted by molar-refractivity contribution is 5.98. The van der Waals surface area contributed by atoms with Crippen LogP contribution in [-0.2, 0) is 4.79 Å². The lowest BCUT2D eigenvalue weighted by atomic mass is 10.2. The second-order valence-electron chi connectivity index (χ2n) is 5.58. The molecule has 0 spiro atoms. The maximum atomic E-state index is 13.8. The van der Waals surface area contributed by atoms with Crippen LogP contribution in [0.5, 0.6) is 0 Å². The molecule has 132 valence electrons. The summed E-state index contributed by atoms with van der Waals surface area (Å²) in [6.45, 7) is 1.44. The van der Waals surface area contributed by atoms with E-state index in [1.54, 1.807) is 25.1 Å². The van der Waals surface area contributed by atoms with Crippen LogP contribution in [0.15, 0.2) is 54.7 Å². The summed E-state index contributed by atoms with van der Waals surface area (Å²) in [5.74, 6) is -1.59. The summed E-state index contributed by atoms with van der Waals surface area (Å²) in [5.41, 5.74) is 1.66. The number of para-hydroxylation sites is 1. The van der Waals surface area contributed by atoms with Crippen molar-refractivity contribution in [2.45, 2.75) is 6.92 Å². The third-order valence-electron chi connectivity index (χ3n) is 3.59. The van der Waals surface area contributed by atoms with E-state index in [0.717, 1.165) is 5.56 Å². The van der Waals surface area contributed by atoms with Crippen molar-refractivity contribution in [1.29, 1.82) is 0 Å². The molecule has 0 aliphatic rings. The smallest absolute Gasteiger partial charge is 0.272 e. The van der Waals surface area contributed by atoms with Crippen molar-refractivity contribution < 1.29 is 14.0 Å². The molecule has 0 fully saturated rings. The van der Waals surface area contributed by atoms with Crippen molar-refractivity contribution in [3.8, 4) is 5.69 Å². The Hall–Kier alpha value is -3.55. The molecule has 1 aromatic heterocycles. The van der Waals surface area contributed by atoms with Gasteiger partial charge in [0.2, 0.25) is 5.91 Å². The Balaban J connectivity index is 1.63. The third kappa shape index (κ3) is 3.92. The zero-order valence-corrected chi connectivity index (χ0v) is 13.9. The number of anilines is 1. The van der Waals surface area contributed by atoms with Crippen molar-refractivity contribution in [2.24, 2.45) is 0 Å². The first kappa shape index (κ1) is 17.3. The van der Waals surface area contributed by atoms with E-state index in [1.165, 1.54) is 23.0 Å². The van der Waals surface area contributed by atoms with Crippen LogP contribution in [0, 0.1) is 12.7 Å². The average Bonchev–Trinajstić information content (AvgIpc) is 3.13. The van der Waals surface area contributed by atoms with Gasteiger partial charge in [0, 0.05) is 0 Å². The molecule has 0 saturated heterocycles. The maximum Gasteiger partial charge on any atom is 0.272 e. The molecule has 1 heterocycles. The molecule has 3 aromatic rings. The molecule has 8 heteroatoms. The lowest BCUT2D eigenvalue weighted by Crippen LogP contribution is -2.34. The second-order valence-corrected chi connectivity index (χ2v) is 5.58. The van der Waals surface area contributed by atoms with Gasteiger partial charge in [0.1, 0.15) is 5.82 Å². The van der Waals surface area contributed by atoms with Gasteiger partial charge in [-0.1, -0.05) is 29.5 Å². The fraction of sp³-hybridized carbons (Fsp3) is 0.111. The molecule has 7 nitrogen and oxygen atoms in total. The number of aryl methyl sites for hydroxylation is 1.